The van der Waals surface area contributed by atoms with Gasteiger partial charge in [-0.3, -0.25) is 5.41 Å². The Morgan fingerprint density at radius 1 is 1.05 bits per heavy atom. The molecule has 0 amide bonds. The van der Waals surface area contributed by atoms with Gasteiger partial charge in [0.2, 0.25) is 0 Å². The minimum Gasteiger partial charge on any atom is -0.357 e. The minimum absolute atomic E-state index is 0.279. The average Bonchev–Trinajstić information content (AvgIpc) is 2.41. The summed E-state index contributed by atoms with van der Waals surface area (Å²) in [6.07, 6.45) is 4.09. The van der Waals surface area contributed by atoms with Crippen LogP contribution in [-0.2, 0) is 0 Å². The first-order chi connectivity index (χ1) is 9.10. The van der Waals surface area contributed by atoms with Crippen LogP contribution in [0.4, 0.5) is 8.78 Å². The summed E-state index contributed by atoms with van der Waals surface area (Å²) in [6.45, 7) is 5.76. The predicted octanol–water partition coefficient (Wildman–Crippen LogP) is 4.19. The number of hydrogen-bond donors (Lipinski definition) is 1. The van der Waals surface area contributed by atoms with Gasteiger partial charge in [-0.2, -0.15) is 0 Å². The zero-order valence-electron chi connectivity index (χ0n) is 11.7. The molecular weight excluding hydrogens is 246 g/mol. The van der Waals surface area contributed by atoms with Gasteiger partial charge in [-0.15, -0.1) is 0 Å². The van der Waals surface area contributed by atoms with Crippen LogP contribution in [0, 0.1) is 17.0 Å². The molecule has 1 N–H and O–H groups in total. The Morgan fingerprint density at radius 2 is 1.63 bits per heavy atom. The lowest BCUT2D eigenvalue weighted by Gasteiger charge is -2.25. The molecular formula is C15H22F2N2. The van der Waals surface area contributed by atoms with E-state index >= 15 is 0 Å². The summed E-state index contributed by atoms with van der Waals surface area (Å²) in [5, 5.41) is 8.15. The molecule has 1 rings (SSSR count). The molecule has 2 nitrogen and oxygen atoms in total. The molecule has 1 aromatic carbocycles. The van der Waals surface area contributed by atoms with Crippen molar-refractivity contribution >= 4 is 5.84 Å². The molecule has 0 spiro atoms. The van der Waals surface area contributed by atoms with Crippen LogP contribution in [-0.4, -0.2) is 23.8 Å². The van der Waals surface area contributed by atoms with Crippen molar-refractivity contribution in [3.05, 3.63) is 35.4 Å². The van der Waals surface area contributed by atoms with Crippen LogP contribution in [0.15, 0.2) is 18.2 Å². The van der Waals surface area contributed by atoms with Crippen molar-refractivity contribution in [1.29, 1.82) is 5.41 Å². The molecule has 0 saturated heterocycles. The van der Waals surface area contributed by atoms with Crippen LogP contribution in [0.25, 0.3) is 0 Å². The molecule has 4 heteroatoms. The number of rotatable bonds is 7. The Morgan fingerprint density at radius 3 is 2.11 bits per heavy atom. The summed E-state index contributed by atoms with van der Waals surface area (Å²) >= 11 is 0. The first kappa shape index (κ1) is 15.6. The van der Waals surface area contributed by atoms with Crippen LogP contribution < -0.4 is 0 Å². The second kappa shape index (κ2) is 7.87. The molecule has 0 fully saturated rings. The van der Waals surface area contributed by atoms with Crippen molar-refractivity contribution < 1.29 is 8.78 Å². The van der Waals surface area contributed by atoms with E-state index in [4.69, 9.17) is 5.41 Å². The molecule has 106 valence electrons. The number of nitrogens with zero attached hydrogens (tertiary/aromatic N) is 1. The van der Waals surface area contributed by atoms with Gasteiger partial charge in [0.05, 0.1) is 0 Å². The van der Waals surface area contributed by atoms with Gasteiger partial charge in [0.1, 0.15) is 5.84 Å². The van der Waals surface area contributed by atoms with E-state index in [2.05, 4.69) is 13.8 Å². The van der Waals surface area contributed by atoms with Crippen molar-refractivity contribution in [2.24, 2.45) is 0 Å². The number of benzene rings is 1. The third-order valence-electron chi connectivity index (χ3n) is 3.07. The van der Waals surface area contributed by atoms with E-state index in [1.165, 1.54) is 6.07 Å². The number of nitrogens with one attached hydrogen (secondary N) is 1. The monoisotopic (exact) mass is 268 g/mol. The maximum Gasteiger partial charge on any atom is 0.159 e. The fourth-order valence-corrected chi connectivity index (χ4v) is 1.86. The number of halogens is 2. The smallest absolute Gasteiger partial charge is 0.159 e. The number of unbranched alkanes of at least 4 members (excludes halogenated alkanes) is 2. The lowest BCUT2D eigenvalue weighted by Crippen LogP contribution is -2.33. The predicted molar refractivity (Wildman–Crippen MR) is 74.6 cm³/mol. The summed E-state index contributed by atoms with van der Waals surface area (Å²) in [6, 6.07) is 3.64. The largest absolute Gasteiger partial charge is 0.357 e. The molecule has 1 aromatic rings. The fourth-order valence-electron chi connectivity index (χ4n) is 1.86. The van der Waals surface area contributed by atoms with E-state index < -0.39 is 11.6 Å². The van der Waals surface area contributed by atoms with Gasteiger partial charge < -0.3 is 4.90 Å². The highest BCUT2D eigenvalue weighted by Gasteiger charge is 2.13. The molecule has 0 heterocycles. The standard InChI is InChI=1S/C15H22F2N2/c1-3-5-9-19(10-6-4-2)15(18)12-7-8-13(16)14(17)11-12/h7-8,11,18H,3-6,9-10H2,1-2H3. The van der Waals surface area contributed by atoms with Crippen LogP contribution in [0.5, 0.6) is 0 Å². The van der Waals surface area contributed by atoms with Crippen molar-refractivity contribution in [1.82, 2.24) is 4.90 Å². The van der Waals surface area contributed by atoms with Crippen LogP contribution in [0.3, 0.4) is 0 Å². The summed E-state index contributed by atoms with van der Waals surface area (Å²) in [7, 11) is 0. The van der Waals surface area contributed by atoms with E-state index in [0.29, 0.717) is 5.56 Å². The van der Waals surface area contributed by atoms with Crippen molar-refractivity contribution in [2.75, 3.05) is 13.1 Å². The molecule has 0 saturated carbocycles. The third kappa shape index (κ3) is 4.62. The fraction of sp³-hybridized carbons (Fsp3) is 0.533. The molecule has 19 heavy (non-hydrogen) atoms. The summed E-state index contributed by atoms with van der Waals surface area (Å²) in [5.41, 5.74) is 0.436. The van der Waals surface area contributed by atoms with E-state index in [1.54, 1.807) is 0 Å². The highest BCUT2D eigenvalue weighted by Crippen LogP contribution is 2.12. The average molecular weight is 268 g/mol. The summed E-state index contributed by atoms with van der Waals surface area (Å²) in [4.78, 5) is 1.94. The first-order valence-corrected chi connectivity index (χ1v) is 6.89. The Labute approximate surface area is 113 Å². The SMILES string of the molecule is CCCCN(CCCC)C(=N)c1ccc(F)c(F)c1. The van der Waals surface area contributed by atoms with Gasteiger partial charge in [0.15, 0.2) is 11.6 Å². The van der Waals surface area contributed by atoms with Crippen molar-refractivity contribution in [2.45, 2.75) is 39.5 Å². The Kier molecular flexibility index (Phi) is 6.46. The normalized spacial score (nSPS) is 10.5. The molecule has 0 aliphatic rings. The van der Waals surface area contributed by atoms with Gasteiger partial charge in [-0.05, 0) is 31.0 Å². The lowest BCUT2D eigenvalue weighted by atomic mass is 10.1. The van der Waals surface area contributed by atoms with Crippen LogP contribution in [0.1, 0.15) is 45.1 Å². The summed E-state index contributed by atoms with van der Waals surface area (Å²) in [5.74, 6) is -1.49. The minimum atomic E-state index is -0.895. The van der Waals surface area contributed by atoms with Crippen LogP contribution in [0.2, 0.25) is 0 Å². The van der Waals surface area contributed by atoms with Gasteiger partial charge in [0, 0.05) is 18.7 Å². The molecule has 0 atom stereocenters. The Hall–Kier alpha value is -1.45. The molecule has 0 radical (unpaired) electrons. The quantitative estimate of drug-likeness (QED) is 0.582. The highest BCUT2D eigenvalue weighted by molar-refractivity contribution is 5.96. The molecule has 0 unspecified atom stereocenters. The summed E-state index contributed by atoms with van der Waals surface area (Å²) < 4.78 is 26.1. The van der Waals surface area contributed by atoms with Crippen molar-refractivity contribution in [3.63, 3.8) is 0 Å². The van der Waals surface area contributed by atoms with Gasteiger partial charge in [-0.1, -0.05) is 26.7 Å². The van der Waals surface area contributed by atoms with Gasteiger partial charge in [-0.25, -0.2) is 8.78 Å². The second-order valence-corrected chi connectivity index (χ2v) is 4.67. The Bertz CT molecular complexity index is 411. The van der Waals surface area contributed by atoms with Gasteiger partial charge in [0.25, 0.3) is 0 Å². The van der Waals surface area contributed by atoms with E-state index in [9.17, 15) is 8.78 Å². The van der Waals surface area contributed by atoms with Crippen molar-refractivity contribution in [3.8, 4) is 0 Å². The number of hydrogen-bond acceptors (Lipinski definition) is 1. The maximum absolute atomic E-state index is 13.2. The third-order valence-corrected chi connectivity index (χ3v) is 3.07. The van der Waals surface area contributed by atoms with E-state index in [0.717, 1.165) is 50.9 Å². The molecule has 0 aromatic heterocycles. The lowest BCUT2D eigenvalue weighted by molar-refractivity contribution is 0.396. The zero-order chi connectivity index (χ0) is 14.3. The van der Waals surface area contributed by atoms with E-state index in [-0.39, 0.29) is 5.84 Å². The first-order valence-electron chi connectivity index (χ1n) is 6.89. The topological polar surface area (TPSA) is 27.1 Å². The second-order valence-electron chi connectivity index (χ2n) is 4.67. The highest BCUT2D eigenvalue weighted by atomic mass is 19.2. The van der Waals surface area contributed by atoms with Gasteiger partial charge >= 0.3 is 0 Å². The molecule has 0 aliphatic carbocycles. The van der Waals surface area contributed by atoms with Crippen LogP contribution >= 0.6 is 0 Å². The number of amidine groups is 1. The zero-order valence-corrected chi connectivity index (χ0v) is 11.7. The maximum atomic E-state index is 13.2. The Balaban J connectivity index is 2.81. The molecule has 0 bridgehead atoms. The molecule has 0 aliphatic heterocycles. The van der Waals surface area contributed by atoms with E-state index in [1.807, 2.05) is 4.90 Å².